The van der Waals surface area contributed by atoms with E-state index >= 15 is 0 Å². The molecule has 0 fully saturated rings. The Balaban J connectivity index is 2.41. The third kappa shape index (κ3) is 3.34. The molecule has 0 bridgehead atoms. The molecule has 1 heterocycles. The molecule has 0 spiro atoms. The largest absolute Gasteiger partial charge is 0.478 e. The molecule has 22 heavy (non-hydrogen) atoms. The highest BCUT2D eigenvalue weighted by Gasteiger charge is 2.12. The maximum absolute atomic E-state index is 11.1. The van der Waals surface area contributed by atoms with Crippen molar-refractivity contribution in [3.63, 3.8) is 0 Å². The van der Waals surface area contributed by atoms with E-state index in [0.717, 1.165) is 0 Å². The zero-order valence-corrected chi connectivity index (χ0v) is 12.6. The minimum absolute atomic E-state index is 0.0199. The SMILES string of the molecule is N#C/C(=C/c1ccc(-c2ccc(Cl)c(C(=O)O)c2)o1)C(N)=S. The molecule has 0 unspecified atom stereocenters. The first-order valence-corrected chi connectivity index (χ1v) is 6.75. The van der Waals surface area contributed by atoms with E-state index in [1.165, 1.54) is 18.2 Å². The predicted octanol–water partition coefficient (Wildman–Crippen LogP) is 3.49. The van der Waals surface area contributed by atoms with Gasteiger partial charge in [-0.3, -0.25) is 0 Å². The zero-order valence-electron chi connectivity index (χ0n) is 11.0. The number of aromatic carboxylic acids is 1. The quantitative estimate of drug-likeness (QED) is 0.505. The summed E-state index contributed by atoms with van der Waals surface area (Å²) in [5, 5.41) is 18.1. The van der Waals surface area contributed by atoms with E-state index in [1.807, 2.05) is 6.07 Å². The molecule has 0 atom stereocenters. The number of carbonyl (C=O) groups is 1. The van der Waals surface area contributed by atoms with Gasteiger partial charge in [0.1, 0.15) is 22.6 Å². The van der Waals surface area contributed by atoms with E-state index in [0.29, 0.717) is 17.1 Å². The fourth-order valence-corrected chi connectivity index (χ4v) is 2.03. The van der Waals surface area contributed by atoms with Crippen molar-refractivity contribution in [1.82, 2.24) is 0 Å². The van der Waals surface area contributed by atoms with Gasteiger partial charge in [0.25, 0.3) is 0 Å². The van der Waals surface area contributed by atoms with Gasteiger partial charge in [-0.1, -0.05) is 23.8 Å². The Morgan fingerprint density at radius 1 is 1.41 bits per heavy atom. The van der Waals surface area contributed by atoms with Gasteiger partial charge in [0, 0.05) is 11.6 Å². The molecule has 0 radical (unpaired) electrons. The van der Waals surface area contributed by atoms with Crippen molar-refractivity contribution >= 4 is 40.9 Å². The topological polar surface area (TPSA) is 100 Å². The van der Waals surface area contributed by atoms with Gasteiger partial charge < -0.3 is 15.3 Å². The standard InChI is InChI=1S/C15H9ClN2O3S/c16-12-3-1-8(6-11(12)15(19)20)13-4-2-10(21-13)5-9(7-17)14(18)22/h1-6H,(H2,18,22)(H,19,20)/b9-5-. The van der Waals surface area contributed by atoms with Crippen LogP contribution in [-0.4, -0.2) is 16.1 Å². The molecule has 0 amide bonds. The van der Waals surface area contributed by atoms with Gasteiger partial charge in [0.2, 0.25) is 0 Å². The van der Waals surface area contributed by atoms with Crippen LogP contribution in [0, 0.1) is 11.3 Å². The number of hydrogen-bond donors (Lipinski definition) is 2. The summed E-state index contributed by atoms with van der Waals surface area (Å²) in [6.07, 6.45) is 1.42. The molecule has 0 aliphatic carbocycles. The van der Waals surface area contributed by atoms with E-state index in [9.17, 15) is 4.79 Å². The summed E-state index contributed by atoms with van der Waals surface area (Å²) >= 11 is 10.6. The molecule has 5 nitrogen and oxygen atoms in total. The minimum Gasteiger partial charge on any atom is -0.478 e. The van der Waals surface area contributed by atoms with Crippen LogP contribution < -0.4 is 5.73 Å². The summed E-state index contributed by atoms with van der Waals surface area (Å²) in [5.74, 6) is -0.310. The van der Waals surface area contributed by atoms with Crippen LogP contribution in [0.2, 0.25) is 5.02 Å². The average Bonchev–Trinajstić information content (AvgIpc) is 2.93. The summed E-state index contributed by atoms with van der Waals surface area (Å²) < 4.78 is 5.55. The summed E-state index contributed by atoms with van der Waals surface area (Å²) in [6, 6.07) is 9.67. The van der Waals surface area contributed by atoms with Gasteiger partial charge in [-0.25, -0.2) is 4.79 Å². The molecule has 0 aliphatic rings. The third-order valence-corrected chi connectivity index (χ3v) is 3.33. The fraction of sp³-hybridized carbons (Fsp3) is 0. The van der Waals surface area contributed by atoms with Gasteiger partial charge in [-0.05, 0) is 30.3 Å². The number of carboxylic acids is 1. The van der Waals surface area contributed by atoms with Crippen LogP contribution in [0.15, 0.2) is 40.3 Å². The lowest BCUT2D eigenvalue weighted by Gasteiger charge is -2.02. The van der Waals surface area contributed by atoms with Crippen molar-refractivity contribution in [2.24, 2.45) is 5.73 Å². The normalized spacial score (nSPS) is 11.0. The molecule has 1 aromatic carbocycles. The van der Waals surface area contributed by atoms with Crippen LogP contribution in [0.1, 0.15) is 16.1 Å². The summed E-state index contributed by atoms with van der Waals surface area (Å²) in [7, 11) is 0. The lowest BCUT2D eigenvalue weighted by molar-refractivity contribution is 0.0697. The smallest absolute Gasteiger partial charge is 0.337 e. The molecule has 1 aromatic heterocycles. The van der Waals surface area contributed by atoms with Crippen LogP contribution in [0.3, 0.4) is 0 Å². The lowest BCUT2D eigenvalue weighted by atomic mass is 10.1. The molecular weight excluding hydrogens is 324 g/mol. The zero-order chi connectivity index (χ0) is 16.3. The number of hydrogen-bond acceptors (Lipinski definition) is 4. The highest BCUT2D eigenvalue weighted by atomic mass is 35.5. The first-order valence-electron chi connectivity index (χ1n) is 5.97. The van der Waals surface area contributed by atoms with E-state index in [1.54, 1.807) is 18.2 Å². The van der Waals surface area contributed by atoms with Crippen molar-refractivity contribution in [3.8, 4) is 17.4 Å². The first kappa shape index (κ1) is 15.8. The molecule has 2 rings (SSSR count). The molecule has 7 heteroatoms. The highest BCUT2D eigenvalue weighted by Crippen LogP contribution is 2.27. The Kier molecular flexibility index (Phi) is 4.61. The Labute approximate surface area is 136 Å². The number of halogens is 1. The van der Waals surface area contributed by atoms with Gasteiger partial charge in [-0.15, -0.1) is 0 Å². The fourth-order valence-electron chi connectivity index (χ4n) is 1.73. The number of furan rings is 1. The first-order chi connectivity index (χ1) is 10.4. The van der Waals surface area contributed by atoms with Crippen LogP contribution in [0.25, 0.3) is 17.4 Å². The number of nitriles is 1. The number of nitrogens with zero attached hydrogens (tertiary/aromatic N) is 1. The number of rotatable bonds is 4. The van der Waals surface area contributed by atoms with Crippen molar-refractivity contribution < 1.29 is 14.3 Å². The van der Waals surface area contributed by atoms with Crippen LogP contribution in [0.5, 0.6) is 0 Å². The second kappa shape index (κ2) is 6.43. The van der Waals surface area contributed by atoms with Crippen LogP contribution in [-0.2, 0) is 0 Å². The monoisotopic (exact) mass is 332 g/mol. The molecule has 3 N–H and O–H groups in total. The van der Waals surface area contributed by atoms with E-state index in [2.05, 4.69) is 0 Å². The average molecular weight is 333 g/mol. The van der Waals surface area contributed by atoms with E-state index in [-0.39, 0.29) is 21.1 Å². The molecule has 2 aromatic rings. The number of thiocarbonyl (C=S) groups is 1. The van der Waals surface area contributed by atoms with Crippen LogP contribution in [0.4, 0.5) is 0 Å². The summed E-state index contributed by atoms with van der Waals surface area (Å²) in [6.45, 7) is 0. The predicted molar refractivity (Wildman–Crippen MR) is 86.5 cm³/mol. The van der Waals surface area contributed by atoms with Crippen molar-refractivity contribution in [1.29, 1.82) is 5.26 Å². The van der Waals surface area contributed by atoms with E-state index in [4.69, 9.17) is 44.3 Å². The third-order valence-electron chi connectivity index (χ3n) is 2.78. The highest BCUT2D eigenvalue weighted by molar-refractivity contribution is 7.80. The minimum atomic E-state index is -1.13. The second-order valence-electron chi connectivity index (χ2n) is 4.24. The van der Waals surface area contributed by atoms with E-state index < -0.39 is 5.97 Å². The van der Waals surface area contributed by atoms with Crippen molar-refractivity contribution in [3.05, 3.63) is 52.3 Å². The molecule has 0 saturated heterocycles. The Morgan fingerprint density at radius 3 is 2.73 bits per heavy atom. The lowest BCUT2D eigenvalue weighted by Crippen LogP contribution is -2.09. The van der Waals surface area contributed by atoms with Crippen molar-refractivity contribution in [2.75, 3.05) is 0 Å². The maximum Gasteiger partial charge on any atom is 0.337 e. The summed E-state index contributed by atoms with van der Waals surface area (Å²) in [4.78, 5) is 11.1. The Hall–Kier alpha value is -2.62. The summed E-state index contributed by atoms with van der Waals surface area (Å²) in [5.41, 5.74) is 6.06. The number of carboxylic acid groups (broad SMARTS) is 1. The molecule has 0 aliphatic heterocycles. The van der Waals surface area contributed by atoms with Crippen LogP contribution >= 0.6 is 23.8 Å². The van der Waals surface area contributed by atoms with Gasteiger partial charge in [-0.2, -0.15) is 5.26 Å². The second-order valence-corrected chi connectivity index (χ2v) is 5.08. The van der Waals surface area contributed by atoms with Gasteiger partial charge >= 0.3 is 5.97 Å². The maximum atomic E-state index is 11.1. The van der Waals surface area contributed by atoms with Crippen molar-refractivity contribution in [2.45, 2.75) is 0 Å². The number of nitrogens with two attached hydrogens (primary N) is 1. The molecular formula is C15H9ClN2O3S. The Morgan fingerprint density at radius 2 is 2.14 bits per heavy atom. The Bertz CT molecular complexity index is 834. The van der Waals surface area contributed by atoms with Gasteiger partial charge in [0.05, 0.1) is 16.2 Å². The van der Waals surface area contributed by atoms with Gasteiger partial charge in [0.15, 0.2) is 0 Å². The molecule has 0 saturated carbocycles. The number of benzene rings is 1. The molecule has 110 valence electrons.